The summed E-state index contributed by atoms with van der Waals surface area (Å²) in [6, 6.07) is 15.1. The third-order valence-electron chi connectivity index (χ3n) is 4.81. The number of rotatable bonds is 9. The molecule has 0 aliphatic rings. The molecule has 174 valence electrons. The summed E-state index contributed by atoms with van der Waals surface area (Å²) in [5, 5.41) is 2.79. The number of carbonyl (C=O) groups excluding carboxylic acids is 1. The molecule has 0 spiro atoms. The van der Waals surface area contributed by atoms with Crippen LogP contribution >= 0.6 is 0 Å². The van der Waals surface area contributed by atoms with Crippen LogP contribution in [-0.2, 0) is 16.6 Å². The fraction of sp³-hybridized carbons (Fsp3) is 0.208. The molecule has 0 aliphatic carbocycles. The van der Waals surface area contributed by atoms with Crippen molar-refractivity contribution < 1.29 is 27.1 Å². The van der Waals surface area contributed by atoms with Crippen molar-refractivity contribution in [3.8, 4) is 11.5 Å². The number of amides is 1. The van der Waals surface area contributed by atoms with Crippen LogP contribution < -0.4 is 19.5 Å². The summed E-state index contributed by atoms with van der Waals surface area (Å²) in [5.74, 6) is 0.179. The number of hydrogen-bond acceptors (Lipinski definition) is 5. The zero-order valence-corrected chi connectivity index (χ0v) is 19.3. The summed E-state index contributed by atoms with van der Waals surface area (Å²) in [4.78, 5) is 12.4. The Balaban J connectivity index is 1.70. The van der Waals surface area contributed by atoms with Crippen LogP contribution in [0.2, 0.25) is 0 Å². The van der Waals surface area contributed by atoms with Crippen LogP contribution in [0.3, 0.4) is 0 Å². The first-order valence-electron chi connectivity index (χ1n) is 10.2. The van der Waals surface area contributed by atoms with Crippen molar-refractivity contribution >= 4 is 21.6 Å². The highest BCUT2D eigenvalue weighted by Gasteiger charge is 2.17. The van der Waals surface area contributed by atoms with Gasteiger partial charge in [0.2, 0.25) is 0 Å². The Bertz CT molecular complexity index is 1260. The number of carbonyl (C=O) groups is 1. The van der Waals surface area contributed by atoms with E-state index in [1.807, 2.05) is 13.0 Å². The van der Waals surface area contributed by atoms with Crippen molar-refractivity contribution in [2.24, 2.45) is 0 Å². The van der Waals surface area contributed by atoms with Gasteiger partial charge in [0, 0.05) is 17.8 Å². The van der Waals surface area contributed by atoms with E-state index in [0.717, 1.165) is 11.6 Å². The third-order valence-corrected chi connectivity index (χ3v) is 6.19. The van der Waals surface area contributed by atoms with E-state index in [9.17, 15) is 17.6 Å². The first kappa shape index (κ1) is 24.1. The highest BCUT2D eigenvalue weighted by molar-refractivity contribution is 7.92. The summed E-state index contributed by atoms with van der Waals surface area (Å²) in [6.07, 6.45) is 0. The zero-order valence-electron chi connectivity index (χ0n) is 18.5. The standard InChI is InChI=1S/C24H25FN2O5S/c1-4-32-22-11-9-17(12-23(22)31-3)15-26-24(28)18-6-5-7-19(13-18)27-33(29,30)20-10-8-16(2)21(25)14-20/h5-14,27H,4,15H2,1-3H3,(H,26,28). The number of hydrogen-bond donors (Lipinski definition) is 2. The lowest BCUT2D eigenvalue weighted by Crippen LogP contribution is -2.23. The van der Waals surface area contributed by atoms with Crippen molar-refractivity contribution in [2.45, 2.75) is 25.3 Å². The number of ether oxygens (including phenoxy) is 2. The lowest BCUT2D eigenvalue weighted by atomic mass is 10.1. The van der Waals surface area contributed by atoms with Gasteiger partial charge < -0.3 is 14.8 Å². The summed E-state index contributed by atoms with van der Waals surface area (Å²) in [6.45, 7) is 4.16. The van der Waals surface area contributed by atoms with Crippen LogP contribution in [0.4, 0.5) is 10.1 Å². The van der Waals surface area contributed by atoms with Crippen molar-refractivity contribution in [3.05, 3.63) is 83.2 Å². The van der Waals surface area contributed by atoms with Gasteiger partial charge in [0.05, 0.1) is 18.6 Å². The van der Waals surface area contributed by atoms with E-state index in [1.165, 1.54) is 31.4 Å². The van der Waals surface area contributed by atoms with Crippen molar-refractivity contribution in [1.82, 2.24) is 5.32 Å². The molecule has 3 rings (SSSR count). The third kappa shape index (κ3) is 6.01. The lowest BCUT2D eigenvalue weighted by Gasteiger charge is -2.12. The monoisotopic (exact) mass is 472 g/mol. The molecule has 0 aliphatic heterocycles. The van der Waals surface area contributed by atoms with Crippen LogP contribution in [0.5, 0.6) is 11.5 Å². The minimum Gasteiger partial charge on any atom is -0.493 e. The highest BCUT2D eigenvalue weighted by atomic mass is 32.2. The fourth-order valence-corrected chi connectivity index (χ4v) is 4.12. The van der Waals surface area contributed by atoms with Gasteiger partial charge in [0.15, 0.2) is 11.5 Å². The number of sulfonamides is 1. The molecule has 0 saturated heterocycles. The van der Waals surface area contributed by atoms with Gasteiger partial charge in [0.25, 0.3) is 15.9 Å². The molecule has 0 unspecified atom stereocenters. The molecule has 3 aromatic carbocycles. The average molecular weight is 473 g/mol. The summed E-state index contributed by atoms with van der Waals surface area (Å²) in [5.41, 5.74) is 1.61. The topological polar surface area (TPSA) is 93.7 Å². The molecule has 2 N–H and O–H groups in total. The Morgan fingerprint density at radius 3 is 2.52 bits per heavy atom. The van der Waals surface area contributed by atoms with E-state index >= 15 is 0 Å². The van der Waals surface area contributed by atoms with Crippen LogP contribution in [0.15, 0.2) is 65.6 Å². The minimum atomic E-state index is -4.01. The van der Waals surface area contributed by atoms with Gasteiger partial charge in [-0.2, -0.15) is 0 Å². The molecule has 1 amide bonds. The Kier molecular flexibility index (Phi) is 7.55. The predicted octanol–water partition coefficient (Wildman–Crippen LogP) is 4.27. The Morgan fingerprint density at radius 1 is 1.03 bits per heavy atom. The molecule has 0 fully saturated rings. The molecule has 9 heteroatoms. The second-order valence-electron chi connectivity index (χ2n) is 7.20. The van der Waals surface area contributed by atoms with E-state index < -0.39 is 15.8 Å². The lowest BCUT2D eigenvalue weighted by molar-refractivity contribution is 0.0951. The van der Waals surface area contributed by atoms with Crippen molar-refractivity contribution in [3.63, 3.8) is 0 Å². The SMILES string of the molecule is CCOc1ccc(CNC(=O)c2cccc(NS(=O)(=O)c3ccc(C)c(F)c3)c2)cc1OC. The highest BCUT2D eigenvalue weighted by Crippen LogP contribution is 2.28. The maximum Gasteiger partial charge on any atom is 0.261 e. The zero-order chi connectivity index (χ0) is 24.0. The van der Waals surface area contributed by atoms with Gasteiger partial charge in [-0.05, 0) is 67.4 Å². The van der Waals surface area contributed by atoms with Crippen molar-refractivity contribution in [1.29, 1.82) is 0 Å². The van der Waals surface area contributed by atoms with Gasteiger partial charge in [-0.1, -0.05) is 18.2 Å². The molecule has 3 aromatic rings. The largest absolute Gasteiger partial charge is 0.493 e. The van der Waals surface area contributed by atoms with E-state index in [4.69, 9.17) is 9.47 Å². The van der Waals surface area contributed by atoms with Crippen LogP contribution in [0.1, 0.15) is 28.4 Å². The van der Waals surface area contributed by atoms with E-state index in [0.29, 0.717) is 23.7 Å². The quantitative estimate of drug-likeness (QED) is 0.485. The maximum absolute atomic E-state index is 13.8. The number of aryl methyl sites for hydroxylation is 1. The number of benzene rings is 3. The second kappa shape index (κ2) is 10.4. The summed E-state index contributed by atoms with van der Waals surface area (Å²) in [7, 11) is -2.47. The Hall–Kier alpha value is -3.59. The first-order valence-corrected chi connectivity index (χ1v) is 11.7. The number of anilines is 1. The molecular weight excluding hydrogens is 447 g/mol. The van der Waals surface area contributed by atoms with Gasteiger partial charge in [-0.15, -0.1) is 0 Å². The number of nitrogens with one attached hydrogen (secondary N) is 2. The molecule has 0 bridgehead atoms. The number of halogens is 1. The molecule has 33 heavy (non-hydrogen) atoms. The Labute approximate surface area is 192 Å². The fourth-order valence-electron chi connectivity index (χ4n) is 3.06. The molecule has 0 radical (unpaired) electrons. The van der Waals surface area contributed by atoms with Gasteiger partial charge in [-0.25, -0.2) is 12.8 Å². The van der Waals surface area contributed by atoms with Gasteiger partial charge >= 0.3 is 0 Å². The van der Waals surface area contributed by atoms with E-state index in [1.54, 1.807) is 31.2 Å². The molecule has 0 aromatic heterocycles. The predicted molar refractivity (Wildman–Crippen MR) is 124 cm³/mol. The van der Waals surface area contributed by atoms with E-state index in [2.05, 4.69) is 10.0 Å². The molecule has 0 saturated carbocycles. The summed E-state index contributed by atoms with van der Waals surface area (Å²) >= 11 is 0. The molecule has 0 atom stereocenters. The molecule has 0 heterocycles. The Morgan fingerprint density at radius 2 is 1.82 bits per heavy atom. The van der Waals surface area contributed by atoms with E-state index in [-0.39, 0.29) is 28.6 Å². The normalized spacial score (nSPS) is 11.0. The van der Waals surface area contributed by atoms with Crippen LogP contribution in [0, 0.1) is 12.7 Å². The van der Waals surface area contributed by atoms with Crippen molar-refractivity contribution in [2.75, 3.05) is 18.4 Å². The number of methoxy groups -OCH3 is 1. The van der Waals surface area contributed by atoms with Crippen LogP contribution in [0.25, 0.3) is 0 Å². The van der Waals surface area contributed by atoms with Gasteiger partial charge in [0.1, 0.15) is 5.82 Å². The summed E-state index contributed by atoms with van der Waals surface area (Å²) < 4.78 is 52.2. The minimum absolute atomic E-state index is 0.186. The molecule has 7 nitrogen and oxygen atoms in total. The second-order valence-corrected chi connectivity index (χ2v) is 8.88. The maximum atomic E-state index is 13.8. The van der Waals surface area contributed by atoms with Crippen LogP contribution in [-0.4, -0.2) is 28.0 Å². The smallest absolute Gasteiger partial charge is 0.261 e. The average Bonchev–Trinajstić information content (AvgIpc) is 2.80. The van der Waals surface area contributed by atoms with Gasteiger partial charge in [-0.3, -0.25) is 9.52 Å². The first-order chi connectivity index (χ1) is 15.7. The molecular formula is C24H25FN2O5S.